The maximum atomic E-state index is 12.4. The smallest absolute Gasteiger partial charge is 0.141 e. The number of rotatable bonds is 2. The molecule has 0 bridgehead atoms. The summed E-state index contributed by atoms with van der Waals surface area (Å²) < 4.78 is 0. The predicted octanol–water partition coefficient (Wildman–Crippen LogP) is 4.95. The van der Waals surface area contributed by atoms with Crippen LogP contribution in [0.25, 0.3) is 0 Å². The highest BCUT2D eigenvalue weighted by atomic mass is 16.1. The summed E-state index contributed by atoms with van der Waals surface area (Å²) in [5, 5.41) is 0. The van der Waals surface area contributed by atoms with E-state index in [1.165, 1.54) is 19.3 Å². The molecule has 0 amide bonds. The Hall–Kier alpha value is -0.330. The van der Waals surface area contributed by atoms with Crippen molar-refractivity contribution in [2.45, 2.75) is 67.2 Å². The number of carbonyl (C=O) groups is 1. The third kappa shape index (κ3) is 2.76. The van der Waals surface area contributed by atoms with E-state index in [1.54, 1.807) is 0 Å². The second-order valence-corrected chi connectivity index (χ2v) is 8.41. The molecule has 2 fully saturated rings. The van der Waals surface area contributed by atoms with Gasteiger partial charge < -0.3 is 0 Å². The maximum absolute atomic E-state index is 12.4. The molecule has 1 heteroatoms. The molecule has 19 heavy (non-hydrogen) atoms. The molecule has 110 valence electrons. The molecule has 2 saturated carbocycles. The fraction of sp³-hybridized carbons (Fsp3) is 0.944. The summed E-state index contributed by atoms with van der Waals surface area (Å²) in [6.07, 6.45) is 5.23. The quantitative estimate of drug-likeness (QED) is 0.690. The minimum Gasteiger partial charge on any atom is -0.299 e. The SMILES string of the molecule is CC1CC(C(C)C)CC(C2CC(C)C(=O)C2(C)C)C1. The van der Waals surface area contributed by atoms with Gasteiger partial charge in [-0.05, 0) is 55.3 Å². The van der Waals surface area contributed by atoms with E-state index >= 15 is 0 Å². The summed E-state index contributed by atoms with van der Waals surface area (Å²) in [6, 6.07) is 0. The van der Waals surface area contributed by atoms with Crippen molar-refractivity contribution in [2.75, 3.05) is 0 Å². The van der Waals surface area contributed by atoms with Crippen molar-refractivity contribution in [3.05, 3.63) is 0 Å². The van der Waals surface area contributed by atoms with Crippen LogP contribution in [0.4, 0.5) is 0 Å². The Kier molecular flexibility index (Phi) is 4.14. The molecular formula is C18H32O. The molecule has 5 unspecified atom stereocenters. The van der Waals surface area contributed by atoms with Crippen LogP contribution in [0.1, 0.15) is 67.2 Å². The van der Waals surface area contributed by atoms with Crippen molar-refractivity contribution < 1.29 is 4.79 Å². The first-order valence-electron chi connectivity index (χ1n) is 8.27. The van der Waals surface area contributed by atoms with Crippen LogP contribution in [-0.2, 0) is 4.79 Å². The molecule has 0 aliphatic heterocycles. The summed E-state index contributed by atoms with van der Waals surface area (Å²) in [6.45, 7) is 13.7. The van der Waals surface area contributed by atoms with Crippen molar-refractivity contribution in [2.24, 2.45) is 40.9 Å². The Morgan fingerprint density at radius 2 is 1.68 bits per heavy atom. The topological polar surface area (TPSA) is 17.1 Å². The molecule has 0 radical (unpaired) electrons. The van der Waals surface area contributed by atoms with Crippen molar-refractivity contribution in [1.82, 2.24) is 0 Å². The summed E-state index contributed by atoms with van der Waals surface area (Å²) in [7, 11) is 0. The van der Waals surface area contributed by atoms with Crippen molar-refractivity contribution >= 4 is 5.78 Å². The Balaban J connectivity index is 2.15. The second kappa shape index (κ2) is 5.22. The standard InChI is InChI=1S/C18H32O/c1-11(2)14-7-12(3)8-15(10-14)16-9-13(4)17(19)18(16,5)6/h11-16H,7-10H2,1-6H3. The molecular weight excluding hydrogens is 232 g/mol. The average molecular weight is 264 g/mol. The van der Waals surface area contributed by atoms with E-state index in [4.69, 9.17) is 0 Å². The van der Waals surface area contributed by atoms with E-state index in [-0.39, 0.29) is 11.3 Å². The van der Waals surface area contributed by atoms with Gasteiger partial charge in [-0.2, -0.15) is 0 Å². The van der Waals surface area contributed by atoms with Gasteiger partial charge in [-0.1, -0.05) is 41.5 Å². The van der Waals surface area contributed by atoms with Crippen LogP contribution in [0.3, 0.4) is 0 Å². The lowest BCUT2D eigenvalue weighted by Gasteiger charge is -2.42. The fourth-order valence-electron chi connectivity index (χ4n) is 4.97. The summed E-state index contributed by atoms with van der Waals surface area (Å²) >= 11 is 0. The van der Waals surface area contributed by atoms with Crippen LogP contribution in [0.5, 0.6) is 0 Å². The highest BCUT2D eigenvalue weighted by Gasteiger charge is 2.50. The third-order valence-electron chi connectivity index (χ3n) is 6.14. The Bertz CT molecular complexity index is 342. The molecule has 5 atom stereocenters. The van der Waals surface area contributed by atoms with Gasteiger partial charge in [-0.15, -0.1) is 0 Å². The van der Waals surface area contributed by atoms with Gasteiger partial charge in [-0.3, -0.25) is 4.79 Å². The number of hydrogen-bond donors (Lipinski definition) is 0. The lowest BCUT2D eigenvalue weighted by molar-refractivity contribution is -0.128. The first-order valence-corrected chi connectivity index (χ1v) is 8.27. The zero-order valence-electron chi connectivity index (χ0n) is 13.7. The number of Topliss-reactive ketones (excluding diaryl/α,β-unsaturated/α-hetero) is 1. The zero-order valence-corrected chi connectivity index (χ0v) is 13.7. The van der Waals surface area contributed by atoms with Gasteiger partial charge in [0.05, 0.1) is 0 Å². The monoisotopic (exact) mass is 264 g/mol. The van der Waals surface area contributed by atoms with E-state index in [0.717, 1.165) is 30.1 Å². The van der Waals surface area contributed by atoms with E-state index in [2.05, 4.69) is 41.5 Å². The van der Waals surface area contributed by atoms with Crippen molar-refractivity contribution in [3.63, 3.8) is 0 Å². The summed E-state index contributed by atoms with van der Waals surface area (Å²) in [5.74, 6) is 4.71. The largest absolute Gasteiger partial charge is 0.299 e. The van der Waals surface area contributed by atoms with E-state index < -0.39 is 0 Å². The molecule has 2 rings (SSSR count). The van der Waals surface area contributed by atoms with Gasteiger partial charge in [0.25, 0.3) is 0 Å². The molecule has 0 N–H and O–H groups in total. The lowest BCUT2D eigenvalue weighted by Crippen LogP contribution is -2.36. The number of ketones is 1. The molecule has 0 spiro atoms. The lowest BCUT2D eigenvalue weighted by atomic mass is 9.63. The molecule has 2 aliphatic carbocycles. The minimum atomic E-state index is -0.0807. The van der Waals surface area contributed by atoms with Crippen molar-refractivity contribution in [3.8, 4) is 0 Å². The Morgan fingerprint density at radius 3 is 2.16 bits per heavy atom. The third-order valence-corrected chi connectivity index (χ3v) is 6.14. The molecule has 1 nitrogen and oxygen atoms in total. The summed E-state index contributed by atoms with van der Waals surface area (Å²) in [4.78, 5) is 12.4. The van der Waals surface area contributed by atoms with Crippen LogP contribution in [0.15, 0.2) is 0 Å². The van der Waals surface area contributed by atoms with Crippen LogP contribution in [0.2, 0.25) is 0 Å². The van der Waals surface area contributed by atoms with Crippen LogP contribution in [0, 0.1) is 40.9 Å². The Labute approximate surface area is 119 Å². The molecule has 2 aliphatic rings. The molecule has 0 aromatic carbocycles. The van der Waals surface area contributed by atoms with Crippen LogP contribution < -0.4 is 0 Å². The fourth-order valence-corrected chi connectivity index (χ4v) is 4.97. The normalized spacial score (nSPS) is 42.9. The van der Waals surface area contributed by atoms with E-state index in [9.17, 15) is 4.79 Å². The first kappa shape index (κ1) is 15.1. The Morgan fingerprint density at radius 1 is 1.05 bits per heavy atom. The van der Waals surface area contributed by atoms with Crippen LogP contribution >= 0.6 is 0 Å². The second-order valence-electron chi connectivity index (χ2n) is 8.41. The van der Waals surface area contributed by atoms with Crippen LogP contribution in [-0.4, -0.2) is 5.78 Å². The van der Waals surface area contributed by atoms with Crippen molar-refractivity contribution in [1.29, 1.82) is 0 Å². The van der Waals surface area contributed by atoms with E-state index in [0.29, 0.717) is 11.7 Å². The van der Waals surface area contributed by atoms with Gasteiger partial charge in [0, 0.05) is 11.3 Å². The highest BCUT2D eigenvalue weighted by molar-refractivity contribution is 5.88. The molecule has 0 saturated heterocycles. The molecule has 0 aromatic rings. The van der Waals surface area contributed by atoms with Gasteiger partial charge in [0.15, 0.2) is 0 Å². The number of hydrogen-bond acceptors (Lipinski definition) is 1. The molecule has 0 heterocycles. The summed E-state index contributed by atoms with van der Waals surface area (Å²) in [5.41, 5.74) is -0.0807. The highest BCUT2D eigenvalue weighted by Crippen LogP contribution is 2.52. The molecule has 0 aromatic heterocycles. The zero-order chi connectivity index (χ0) is 14.4. The minimum absolute atomic E-state index is 0.0807. The van der Waals surface area contributed by atoms with E-state index in [1.807, 2.05) is 0 Å². The van der Waals surface area contributed by atoms with Gasteiger partial charge in [0.2, 0.25) is 0 Å². The van der Waals surface area contributed by atoms with Gasteiger partial charge in [-0.25, -0.2) is 0 Å². The first-order chi connectivity index (χ1) is 8.73. The maximum Gasteiger partial charge on any atom is 0.141 e. The van der Waals surface area contributed by atoms with Gasteiger partial charge in [0.1, 0.15) is 5.78 Å². The predicted molar refractivity (Wildman–Crippen MR) is 80.9 cm³/mol. The number of carbonyl (C=O) groups excluding carboxylic acids is 1. The average Bonchev–Trinajstić information content (AvgIpc) is 2.52. The van der Waals surface area contributed by atoms with Gasteiger partial charge >= 0.3 is 0 Å².